The van der Waals surface area contributed by atoms with E-state index in [9.17, 15) is 68.7 Å². The first-order valence-electron chi connectivity index (χ1n) is 20.8. The van der Waals surface area contributed by atoms with Crippen molar-refractivity contribution in [2.24, 2.45) is 27.9 Å². The fourth-order valence-corrected chi connectivity index (χ4v) is 6.90. The summed E-state index contributed by atoms with van der Waals surface area (Å²) < 4.78 is 10.6. The number of likely N-dealkylation sites (tertiary alicyclic amines) is 1. The number of carboxylic acid groups (broad SMARTS) is 2. The van der Waals surface area contributed by atoms with Crippen molar-refractivity contribution >= 4 is 59.2 Å². The van der Waals surface area contributed by atoms with Crippen LogP contribution in [-0.2, 0) is 59.0 Å². The summed E-state index contributed by atoms with van der Waals surface area (Å²) in [5.41, 5.74) is 22.2. The number of aliphatic hydroxyl groups is 3. The topological polar surface area (TPSA) is 453 Å². The highest BCUT2D eigenvalue weighted by Gasteiger charge is 2.43. The third-order valence-corrected chi connectivity index (χ3v) is 10.4. The number of ether oxygens (including phenoxy) is 2. The highest BCUT2D eigenvalue weighted by molar-refractivity contribution is 5.97. The monoisotopic (exact) mass is 937 g/mol. The van der Waals surface area contributed by atoms with E-state index in [2.05, 4.69) is 31.6 Å². The number of rotatable bonds is 25. The predicted octanol–water partition coefficient (Wildman–Crippen LogP) is -7.06. The smallest absolute Gasteiger partial charge is 0.328 e. The van der Waals surface area contributed by atoms with Crippen molar-refractivity contribution in [3.63, 3.8) is 0 Å². The molecule has 0 radical (unpaired) electrons. The number of benzene rings is 1. The second kappa shape index (κ2) is 25.8. The molecule has 18 N–H and O–H groups in total. The van der Waals surface area contributed by atoms with Gasteiger partial charge in [0.1, 0.15) is 42.5 Å². The van der Waals surface area contributed by atoms with E-state index >= 15 is 0 Å². The fraction of sp³-hybridized carbons (Fsp3) is 0.590. The minimum absolute atomic E-state index is 0.0359. The van der Waals surface area contributed by atoms with Crippen molar-refractivity contribution in [3.05, 3.63) is 35.9 Å². The van der Waals surface area contributed by atoms with Crippen molar-refractivity contribution < 1.29 is 78.2 Å². The van der Waals surface area contributed by atoms with Crippen LogP contribution in [0.1, 0.15) is 51.0 Å². The molecular weight excluding hydrogens is 878 g/mol. The molecule has 0 spiro atoms. The Hall–Kier alpha value is -6.52. The molecule has 27 heteroatoms. The normalized spacial score (nSPS) is 22.5. The van der Waals surface area contributed by atoms with Crippen LogP contribution in [0.4, 0.5) is 0 Å². The van der Waals surface area contributed by atoms with Crippen LogP contribution in [0, 0.1) is 0 Å². The standard InChI is InChI=1S/C39H59N11O16/c1-18-29(55)30(56)31(57)38(66-18)65-17-24(37(63)64)49-33(59)22(13-19-7-3-2-4-8-19)48-34(60)23(15-28(53)54)46-27(52)16-45-32(58)21(9-5-11-44-39(42)43)47-35(61)25-10-6-12-50(25)36(62)20(40)14-26(41)51/h2-4,7-8,18,20-25,29-31,38,55-57H,5-6,9-17,40H2,1H3,(H2,41,51)(H,45,58)(H,46,52)(H,47,61)(H,48,60)(H,49,59)(H,53,54)(H,63,64)(H4,42,43,44)/t18-,20-,21-,22-,23-,24-,25-,29-,30+,31+,38+/m0/s1. The molecule has 7 amide bonds. The van der Waals surface area contributed by atoms with Gasteiger partial charge in [0, 0.05) is 19.5 Å². The summed E-state index contributed by atoms with van der Waals surface area (Å²) in [6, 6.07) is -0.991. The van der Waals surface area contributed by atoms with Crippen molar-refractivity contribution in [2.75, 3.05) is 26.2 Å². The van der Waals surface area contributed by atoms with E-state index in [1.54, 1.807) is 30.3 Å². The molecule has 1 aromatic carbocycles. The maximum absolute atomic E-state index is 13.6. The van der Waals surface area contributed by atoms with Gasteiger partial charge in [0.05, 0.1) is 38.1 Å². The number of amides is 7. The van der Waals surface area contributed by atoms with Gasteiger partial charge < -0.3 is 89.4 Å². The molecule has 0 aromatic heterocycles. The Kier molecular flexibility index (Phi) is 21.1. The van der Waals surface area contributed by atoms with Crippen LogP contribution in [0.2, 0.25) is 0 Å². The summed E-state index contributed by atoms with van der Waals surface area (Å²) in [5, 5.41) is 61.4. The molecule has 11 atom stereocenters. The zero-order valence-corrected chi connectivity index (χ0v) is 35.9. The number of hydrogen-bond donors (Lipinski definition) is 14. The number of carbonyl (C=O) groups excluding carboxylic acids is 7. The fourth-order valence-electron chi connectivity index (χ4n) is 6.90. The molecule has 2 heterocycles. The number of primary amides is 1. The first-order chi connectivity index (χ1) is 31.1. The lowest BCUT2D eigenvalue weighted by Crippen LogP contribution is -2.59. The number of carboxylic acids is 2. The number of nitrogens with one attached hydrogen (secondary N) is 5. The number of aliphatic carboxylic acids is 2. The van der Waals surface area contributed by atoms with Gasteiger partial charge in [-0.05, 0) is 38.2 Å². The van der Waals surface area contributed by atoms with Gasteiger partial charge in [-0.1, -0.05) is 30.3 Å². The molecule has 0 unspecified atom stereocenters. The van der Waals surface area contributed by atoms with Crippen LogP contribution < -0.4 is 49.5 Å². The van der Waals surface area contributed by atoms with Crippen LogP contribution in [0.25, 0.3) is 0 Å². The molecule has 0 saturated carbocycles. The van der Waals surface area contributed by atoms with Gasteiger partial charge in [-0.25, -0.2) is 4.79 Å². The van der Waals surface area contributed by atoms with E-state index in [4.69, 9.17) is 32.4 Å². The van der Waals surface area contributed by atoms with Crippen molar-refractivity contribution in [1.29, 1.82) is 0 Å². The average Bonchev–Trinajstić information content (AvgIpc) is 3.75. The van der Waals surface area contributed by atoms with Crippen LogP contribution in [-0.4, -0.2) is 183 Å². The van der Waals surface area contributed by atoms with Crippen molar-refractivity contribution in [1.82, 2.24) is 31.5 Å². The van der Waals surface area contributed by atoms with Crippen LogP contribution in [0.5, 0.6) is 0 Å². The highest BCUT2D eigenvalue weighted by atomic mass is 16.7. The number of hydrogen-bond acceptors (Lipinski definition) is 16. The summed E-state index contributed by atoms with van der Waals surface area (Å²) in [4.78, 5) is 121. The molecule has 66 heavy (non-hydrogen) atoms. The Morgan fingerprint density at radius 1 is 0.833 bits per heavy atom. The molecular formula is C39H59N11O16. The number of nitrogens with zero attached hydrogens (tertiary/aromatic N) is 2. The molecule has 0 bridgehead atoms. The van der Waals surface area contributed by atoms with Gasteiger partial charge >= 0.3 is 11.9 Å². The van der Waals surface area contributed by atoms with Crippen LogP contribution in [0.15, 0.2) is 35.3 Å². The van der Waals surface area contributed by atoms with E-state index in [0.29, 0.717) is 12.0 Å². The summed E-state index contributed by atoms with van der Waals surface area (Å²) in [5.74, 6) is -10.0. The number of guanidine groups is 1. The molecule has 2 fully saturated rings. The Labute approximate surface area is 377 Å². The van der Waals surface area contributed by atoms with Crippen molar-refractivity contribution in [2.45, 2.75) is 119 Å². The van der Waals surface area contributed by atoms with Gasteiger partial charge in [0.25, 0.3) is 0 Å². The van der Waals surface area contributed by atoms with E-state index in [1.807, 2.05) is 0 Å². The largest absolute Gasteiger partial charge is 0.481 e. The number of carbonyl (C=O) groups is 9. The first-order valence-corrected chi connectivity index (χ1v) is 20.8. The molecule has 0 aliphatic carbocycles. The quantitative estimate of drug-likeness (QED) is 0.0246. The minimum atomic E-state index is -1.87. The zero-order valence-electron chi connectivity index (χ0n) is 35.9. The third-order valence-electron chi connectivity index (χ3n) is 10.4. The Morgan fingerprint density at radius 3 is 2.11 bits per heavy atom. The predicted molar refractivity (Wildman–Crippen MR) is 226 cm³/mol. The lowest BCUT2D eigenvalue weighted by Gasteiger charge is -2.39. The molecule has 2 aliphatic rings. The molecule has 1 aromatic rings. The minimum Gasteiger partial charge on any atom is -0.481 e. The molecule has 2 saturated heterocycles. The lowest BCUT2D eigenvalue weighted by atomic mass is 10.00. The van der Waals surface area contributed by atoms with Crippen LogP contribution >= 0.6 is 0 Å². The Balaban J connectivity index is 1.73. The zero-order chi connectivity index (χ0) is 49.2. The number of aliphatic imine (C=N–C) groups is 1. The summed E-state index contributed by atoms with van der Waals surface area (Å²) >= 11 is 0. The summed E-state index contributed by atoms with van der Waals surface area (Å²) in [7, 11) is 0. The maximum atomic E-state index is 13.6. The summed E-state index contributed by atoms with van der Waals surface area (Å²) in [6.45, 7) is -0.160. The second-order valence-electron chi connectivity index (χ2n) is 15.6. The van der Waals surface area contributed by atoms with E-state index < -0.39 is 146 Å². The Morgan fingerprint density at radius 2 is 1.48 bits per heavy atom. The lowest BCUT2D eigenvalue weighted by molar-refractivity contribution is -0.294. The molecule has 366 valence electrons. The SMILES string of the molecule is C[C@@H]1O[C@@H](OC[C@H](NC(=O)[C@H](Cc2ccccc2)NC(=O)[C@H](CC(=O)O)NC(=O)CNC(=O)[C@H](CCCN=C(N)N)NC(=O)[C@@H]2CCCN2C(=O)[C@@H](N)CC(N)=O)C(=O)O)[C@H](O)[C@H](O)[C@H]1O. The van der Waals surface area contributed by atoms with Crippen molar-refractivity contribution in [3.8, 4) is 0 Å². The number of nitrogens with two attached hydrogens (primary N) is 4. The Bertz CT molecular complexity index is 1920. The summed E-state index contributed by atoms with van der Waals surface area (Å²) in [6.07, 6.45) is -8.71. The second-order valence-corrected chi connectivity index (χ2v) is 15.6. The van der Waals surface area contributed by atoms with E-state index in [0.717, 1.165) is 0 Å². The van der Waals surface area contributed by atoms with Crippen LogP contribution in [0.3, 0.4) is 0 Å². The first kappa shape index (κ1) is 53.8. The van der Waals surface area contributed by atoms with Gasteiger partial charge in [-0.15, -0.1) is 0 Å². The number of aliphatic hydroxyl groups excluding tert-OH is 3. The molecule has 3 rings (SSSR count). The third kappa shape index (κ3) is 16.8. The van der Waals surface area contributed by atoms with E-state index in [1.165, 1.54) is 11.8 Å². The van der Waals surface area contributed by atoms with Gasteiger partial charge in [-0.3, -0.25) is 43.3 Å². The highest BCUT2D eigenvalue weighted by Crippen LogP contribution is 2.22. The van der Waals surface area contributed by atoms with E-state index in [-0.39, 0.29) is 44.7 Å². The average molecular weight is 938 g/mol. The molecule has 2 aliphatic heterocycles. The van der Waals surface area contributed by atoms with Gasteiger partial charge in [0.2, 0.25) is 41.4 Å². The maximum Gasteiger partial charge on any atom is 0.328 e. The molecule has 27 nitrogen and oxygen atoms in total. The van der Waals surface area contributed by atoms with Gasteiger partial charge in [0.15, 0.2) is 18.3 Å². The van der Waals surface area contributed by atoms with Gasteiger partial charge in [-0.2, -0.15) is 0 Å².